The molecule has 0 spiro atoms. The van der Waals surface area contributed by atoms with Crippen molar-refractivity contribution in [2.75, 3.05) is 4.90 Å². The number of aryl methyl sites for hydroxylation is 1. The fourth-order valence-electron chi connectivity index (χ4n) is 3.03. The Bertz CT molecular complexity index is 1230. The molecule has 0 aliphatic rings. The molecule has 0 saturated carbocycles. The standard InChI is InChI=1S/C25H18N2O4/c1-17-12-14-18(15-13-17)21-16-22(28)26-25(31-21)27(23(29)19-8-4-2-5-9-19)24(30)20-10-6-3-7-11-20/h2-16H,1H3. The minimum Gasteiger partial charge on any atom is -0.424 e. The van der Waals surface area contributed by atoms with Crippen molar-refractivity contribution in [3.8, 4) is 11.3 Å². The van der Waals surface area contributed by atoms with Gasteiger partial charge >= 0.3 is 6.01 Å². The summed E-state index contributed by atoms with van der Waals surface area (Å²) in [4.78, 5) is 43.5. The second-order valence-electron chi connectivity index (χ2n) is 6.89. The monoisotopic (exact) mass is 410 g/mol. The molecule has 1 aromatic heterocycles. The highest BCUT2D eigenvalue weighted by Gasteiger charge is 2.30. The van der Waals surface area contributed by atoms with E-state index in [1.807, 2.05) is 19.1 Å². The third-order valence-corrected chi connectivity index (χ3v) is 4.64. The molecule has 4 aromatic rings. The average molecular weight is 410 g/mol. The molecule has 2 amide bonds. The van der Waals surface area contributed by atoms with E-state index in [9.17, 15) is 14.4 Å². The Balaban J connectivity index is 1.85. The lowest BCUT2D eigenvalue weighted by Crippen LogP contribution is -2.38. The molecule has 1 heterocycles. The predicted molar refractivity (Wildman–Crippen MR) is 117 cm³/mol. The maximum absolute atomic E-state index is 13.3. The van der Waals surface area contributed by atoms with Crippen LogP contribution in [0.15, 0.2) is 100 Å². The van der Waals surface area contributed by atoms with Crippen molar-refractivity contribution in [1.82, 2.24) is 4.98 Å². The quantitative estimate of drug-likeness (QED) is 0.463. The molecule has 0 aliphatic carbocycles. The molecule has 0 atom stereocenters. The van der Waals surface area contributed by atoms with Gasteiger partial charge in [-0.1, -0.05) is 66.2 Å². The molecule has 152 valence electrons. The van der Waals surface area contributed by atoms with Gasteiger partial charge in [0.25, 0.3) is 17.4 Å². The number of aromatic nitrogens is 1. The van der Waals surface area contributed by atoms with Gasteiger partial charge in [-0.3, -0.25) is 14.4 Å². The lowest BCUT2D eigenvalue weighted by molar-refractivity contribution is 0.0889. The van der Waals surface area contributed by atoms with Gasteiger partial charge in [-0.25, -0.2) is 0 Å². The first-order valence-electron chi connectivity index (χ1n) is 9.61. The molecule has 4 rings (SSSR count). The van der Waals surface area contributed by atoms with Gasteiger partial charge < -0.3 is 4.42 Å². The molecular weight excluding hydrogens is 392 g/mol. The summed E-state index contributed by atoms with van der Waals surface area (Å²) in [5, 5.41) is 0. The maximum atomic E-state index is 13.3. The molecule has 31 heavy (non-hydrogen) atoms. The van der Waals surface area contributed by atoms with Crippen molar-refractivity contribution in [3.63, 3.8) is 0 Å². The number of hydrogen-bond donors (Lipinski definition) is 0. The minimum absolute atomic E-state index is 0.210. The molecule has 0 bridgehead atoms. The van der Waals surface area contributed by atoms with Crippen molar-refractivity contribution >= 4 is 17.8 Å². The zero-order valence-electron chi connectivity index (χ0n) is 16.7. The van der Waals surface area contributed by atoms with E-state index in [0.29, 0.717) is 5.56 Å². The SMILES string of the molecule is Cc1ccc(-c2cc(=O)nc(N(C(=O)c3ccccc3)C(=O)c3ccccc3)o2)cc1. The van der Waals surface area contributed by atoms with Gasteiger partial charge in [0.15, 0.2) is 0 Å². The molecule has 0 unspecified atom stereocenters. The number of carbonyl (C=O) groups is 2. The molecule has 3 aromatic carbocycles. The van der Waals surface area contributed by atoms with Crippen LogP contribution in [0.1, 0.15) is 26.3 Å². The van der Waals surface area contributed by atoms with Crippen LogP contribution in [-0.4, -0.2) is 16.8 Å². The van der Waals surface area contributed by atoms with Gasteiger partial charge in [0, 0.05) is 22.8 Å². The third kappa shape index (κ3) is 4.33. The zero-order valence-corrected chi connectivity index (χ0v) is 16.7. The topological polar surface area (TPSA) is 80.5 Å². The van der Waals surface area contributed by atoms with Crippen LogP contribution in [0, 0.1) is 6.92 Å². The molecule has 6 nitrogen and oxygen atoms in total. The van der Waals surface area contributed by atoms with E-state index in [0.717, 1.165) is 10.5 Å². The lowest BCUT2D eigenvalue weighted by atomic mass is 10.1. The number of amides is 2. The summed E-state index contributed by atoms with van der Waals surface area (Å²) in [5.74, 6) is -1.08. The van der Waals surface area contributed by atoms with Gasteiger partial charge in [-0.05, 0) is 31.2 Å². The van der Waals surface area contributed by atoms with E-state index < -0.39 is 17.4 Å². The van der Waals surface area contributed by atoms with Gasteiger partial charge in [0.1, 0.15) is 5.76 Å². The number of carbonyl (C=O) groups excluding carboxylic acids is 2. The largest absolute Gasteiger partial charge is 0.424 e. The first-order valence-corrected chi connectivity index (χ1v) is 9.61. The first-order chi connectivity index (χ1) is 15.0. The minimum atomic E-state index is -0.647. The number of imide groups is 1. The van der Waals surface area contributed by atoms with Crippen LogP contribution in [0.5, 0.6) is 0 Å². The van der Waals surface area contributed by atoms with Gasteiger partial charge in [0.05, 0.1) is 0 Å². The van der Waals surface area contributed by atoms with Crippen LogP contribution >= 0.6 is 0 Å². The van der Waals surface area contributed by atoms with Crippen LogP contribution in [0.3, 0.4) is 0 Å². The van der Waals surface area contributed by atoms with Crippen molar-refractivity contribution in [1.29, 1.82) is 0 Å². The highest BCUT2D eigenvalue weighted by molar-refractivity contribution is 6.24. The summed E-state index contributed by atoms with van der Waals surface area (Å²) in [5.41, 5.74) is 1.57. The van der Waals surface area contributed by atoms with Crippen LogP contribution in [0.4, 0.5) is 6.01 Å². The number of benzene rings is 3. The molecular formula is C25H18N2O4. The van der Waals surface area contributed by atoms with Crippen LogP contribution in [0.25, 0.3) is 11.3 Å². The van der Waals surface area contributed by atoms with E-state index in [2.05, 4.69) is 4.98 Å². The predicted octanol–water partition coefficient (Wildman–Crippen LogP) is 4.50. The first kappa shape index (κ1) is 20.0. The van der Waals surface area contributed by atoms with E-state index in [-0.39, 0.29) is 22.9 Å². The average Bonchev–Trinajstić information content (AvgIpc) is 2.80. The van der Waals surface area contributed by atoms with Gasteiger partial charge in [-0.2, -0.15) is 9.88 Å². The lowest BCUT2D eigenvalue weighted by Gasteiger charge is -2.19. The summed E-state index contributed by atoms with van der Waals surface area (Å²) in [6.45, 7) is 1.94. The third-order valence-electron chi connectivity index (χ3n) is 4.64. The molecule has 0 fully saturated rings. The second-order valence-corrected chi connectivity index (χ2v) is 6.89. The molecule has 6 heteroatoms. The molecule has 0 aliphatic heterocycles. The number of nitrogens with zero attached hydrogens (tertiary/aromatic N) is 2. The summed E-state index contributed by atoms with van der Waals surface area (Å²) in [6.07, 6.45) is 0. The fourth-order valence-corrected chi connectivity index (χ4v) is 3.03. The highest BCUT2D eigenvalue weighted by atomic mass is 16.4. The smallest absolute Gasteiger partial charge is 0.315 e. The summed E-state index contributed by atoms with van der Waals surface area (Å²) >= 11 is 0. The fraction of sp³-hybridized carbons (Fsp3) is 0.0400. The van der Waals surface area contributed by atoms with Crippen molar-refractivity contribution < 1.29 is 14.0 Å². The Morgan fingerprint density at radius 2 is 1.29 bits per heavy atom. The summed E-state index contributed by atoms with van der Waals surface area (Å²) < 4.78 is 5.80. The number of anilines is 1. The Morgan fingerprint density at radius 1 is 0.774 bits per heavy atom. The van der Waals surface area contributed by atoms with Crippen LogP contribution in [0.2, 0.25) is 0 Å². The van der Waals surface area contributed by atoms with E-state index >= 15 is 0 Å². The molecule has 0 saturated heterocycles. The number of hydrogen-bond acceptors (Lipinski definition) is 5. The van der Waals surface area contributed by atoms with E-state index in [1.165, 1.54) is 6.07 Å². The van der Waals surface area contributed by atoms with E-state index in [4.69, 9.17) is 4.42 Å². The Kier molecular flexibility index (Phi) is 5.53. The summed E-state index contributed by atoms with van der Waals surface area (Å²) in [6, 6.07) is 24.8. The van der Waals surface area contributed by atoms with Gasteiger partial charge in [0.2, 0.25) is 0 Å². The molecule has 0 N–H and O–H groups in total. The van der Waals surface area contributed by atoms with Gasteiger partial charge in [-0.15, -0.1) is 0 Å². The van der Waals surface area contributed by atoms with Crippen LogP contribution in [-0.2, 0) is 0 Å². The molecule has 0 radical (unpaired) electrons. The Morgan fingerprint density at radius 3 is 1.81 bits per heavy atom. The van der Waals surface area contributed by atoms with E-state index in [1.54, 1.807) is 72.8 Å². The van der Waals surface area contributed by atoms with Crippen LogP contribution < -0.4 is 10.5 Å². The Labute approximate surface area is 178 Å². The Hall–Kier alpha value is -4.32. The van der Waals surface area contributed by atoms with Crippen molar-refractivity contribution in [2.24, 2.45) is 0 Å². The maximum Gasteiger partial charge on any atom is 0.315 e. The zero-order chi connectivity index (χ0) is 21.8. The normalized spacial score (nSPS) is 10.5. The second kappa shape index (κ2) is 8.59. The number of rotatable bonds is 4. The van der Waals surface area contributed by atoms with Crippen molar-refractivity contribution in [3.05, 3.63) is 118 Å². The highest BCUT2D eigenvalue weighted by Crippen LogP contribution is 2.24. The van der Waals surface area contributed by atoms with Crippen molar-refractivity contribution in [2.45, 2.75) is 6.92 Å². The summed E-state index contributed by atoms with van der Waals surface area (Å²) in [7, 11) is 0.